The van der Waals surface area contributed by atoms with Gasteiger partial charge in [0.15, 0.2) is 0 Å². The second kappa shape index (κ2) is 5.16. The van der Waals surface area contributed by atoms with Gasteiger partial charge in [-0.05, 0) is 30.9 Å². The van der Waals surface area contributed by atoms with Crippen molar-refractivity contribution in [3.63, 3.8) is 0 Å². The largest absolute Gasteiger partial charge is 0.388 e. The van der Waals surface area contributed by atoms with Crippen LogP contribution < -0.4 is 0 Å². The minimum atomic E-state index is -0.282. The zero-order valence-electron chi connectivity index (χ0n) is 9.38. The maximum Gasteiger partial charge on any atom is 0.0792 e. The molecule has 0 aliphatic carbocycles. The number of aryl methyl sites for hydroxylation is 2. The van der Waals surface area contributed by atoms with Crippen LogP contribution in [-0.2, 0) is 6.42 Å². The fraction of sp³-hybridized carbons (Fsp3) is 0.538. The highest BCUT2D eigenvalue weighted by molar-refractivity contribution is 5.33. The number of aliphatic hydroxyl groups is 1. The van der Waals surface area contributed by atoms with Gasteiger partial charge in [0.05, 0.1) is 6.10 Å². The molecule has 0 saturated carbocycles. The minimum Gasteiger partial charge on any atom is -0.388 e. The number of rotatable bonds is 4. The van der Waals surface area contributed by atoms with E-state index >= 15 is 0 Å². The molecule has 0 fully saturated rings. The summed E-state index contributed by atoms with van der Waals surface area (Å²) in [5, 5.41) is 9.92. The third-order valence-electron chi connectivity index (χ3n) is 2.60. The Morgan fingerprint density at radius 1 is 1.29 bits per heavy atom. The first-order chi connectivity index (χ1) is 6.69. The van der Waals surface area contributed by atoms with Crippen LogP contribution in [0.15, 0.2) is 18.2 Å². The van der Waals surface area contributed by atoms with Crippen LogP contribution in [0.3, 0.4) is 0 Å². The summed E-state index contributed by atoms with van der Waals surface area (Å²) in [7, 11) is 0. The summed E-state index contributed by atoms with van der Waals surface area (Å²) < 4.78 is 0. The molecule has 1 heteroatoms. The number of hydrogen-bond donors (Lipinski definition) is 1. The lowest BCUT2D eigenvalue weighted by molar-refractivity contribution is 0.165. The molecule has 0 saturated heterocycles. The second-order valence-electron chi connectivity index (χ2n) is 3.86. The van der Waals surface area contributed by atoms with Crippen molar-refractivity contribution in [3.8, 4) is 0 Å². The predicted molar refractivity (Wildman–Crippen MR) is 60.4 cm³/mol. The Bertz CT molecular complexity index is 291. The van der Waals surface area contributed by atoms with Gasteiger partial charge in [0.25, 0.3) is 0 Å². The minimum absolute atomic E-state index is 0.282. The molecule has 1 atom stereocenters. The summed E-state index contributed by atoms with van der Waals surface area (Å²) in [4.78, 5) is 0. The van der Waals surface area contributed by atoms with E-state index in [1.807, 2.05) is 0 Å². The number of hydrogen-bond acceptors (Lipinski definition) is 1. The highest BCUT2D eigenvalue weighted by Gasteiger charge is 2.10. The molecule has 1 nitrogen and oxygen atoms in total. The lowest BCUT2D eigenvalue weighted by Gasteiger charge is -2.14. The molecule has 78 valence electrons. The van der Waals surface area contributed by atoms with Gasteiger partial charge in [0.1, 0.15) is 0 Å². The molecule has 0 aliphatic heterocycles. The third kappa shape index (κ3) is 2.58. The van der Waals surface area contributed by atoms with Crippen LogP contribution in [0.1, 0.15) is 49.5 Å². The van der Waals surface area contributed by atoms with Crippen molar-refractivity contribution in [1.29, 1.82) is 0 Å². The average Bonchev–Trinajstić information content (AvgIpc) is 2.17. The van der Waals surface area contributed by atoms with Gasteiger partial charge in [-0.2, -0.15) is 0 Å². The van der Waals surface area contributed by atoms with E-state index < -0.39 is 0 Å². The Labute approximate surface area is 86.8 Å². The Morgan fingerprint density at radius 2 is 2.00 bits per heavy atom. The Morgan fingerprint density at radius 3 is 2.57 bits per heavy atom. The van der Waals surface area contributed by atoms with Crippen molar-refractivity contribution in [2.45, 2.75) is 46.1 Å². The van der Waals surface area contributed by atoms with Crippen molar-refractivity contribution in [2.24, 2.45) is 0 Å². The molecule has 0 aromatic heterocycles. The third-order valence-corrected chi connectivity index (χ3v) is 2.60. The predicted octanol–water partition coefficient (Wildman–Crippen LogP) is 3.39. The molecule has 1 rings (SSSR count). The summed E-state index contributed by atoms with van der Waals surface area (Å²) in [5.74, 6) is 0. The molecule has 0 heterocycles. The van der Waals surface area contributed by atoms with Crippen molar-refractivity contribution in [3.05, 3.63) is 34.9 Å². The van der Waals surface area contributed by atoms with Crippen molar-refractivity contribution < 1.29 is 5.11 Å². The molecule has 0 spiro atoms. The Hall–Kier alpha value is -0.820. The van der Waals surface area contributed by atoms with Crippen LogP contribution in [0, 0.1) is 6.92 Å². The summed E-state index contributed by atoms with van der Waals surface area (Å²) in [5.41, 5.74) is 3.67. The molecule has 0 radical (unpaired) electrons. The first-order valence-electron chi connectivity index (χ1n) is 5.46. The second-order valence-corrected chi connectivity index (χ2v) is 3.86. The Kier molecular flexibility index (Phi) is 4.15. The Balaban J connectivity index is 2.95. The van der Waals surface area contributed by atoms with Gasteiger partial charge >= 0.3 is 0 Å². The first kappa shape index (κ1) is 11.3. The molecule has 0 amide bonds. The standard InChI is InChI=1S/C13H20O/c1-4-6-13(14)12-8-7-10(3)9-11(12)5-2/h7-9,13-14H,4-6H2,1-3H3. The monoisotopic (exact) mass is 192 g/mol. The zero-order chi connectivity index (χ0) is 10.6. The molecular weight excluding hydrogens is 172 g/mol. The molecule has 1 N–H and O–H groups in total. The summed E-state index contributed by atoms with van der Waals surface area (Å²) in [6, 6.07) is 6.32. The summed E-state index contributed by atoms with van der Waals surface area (Å²) in [6.45, 7) is 6.33. The molecule has 1 unspecified atom stereocenters. The molecular formula is C13H20O. The van der Waals surface area contributed by atoms with Crippen LogP contribution in [0.2, 0.25) is 0 Å². The van der Waals surface area contributed by atoms with Crippen molar-refractivity contribution in [1.82, 2.24) is 0 Å². The maximum absolute atomic E-state index is 9.92. The maximum atomic E-state index is 9.92. The van der Waals surface area contributed by atoms with Gasteiger partial charge in [0, 0.05) is 0 Å². The van der Waals surface area contributed by atoms with E-state index in [0.717, 1.165) is 24.8 Å². The SMILES string of the molecule is CCCC(O)c1ccc(C)cc1CC. The van der Waals surface area contributed by atoms with E-state index in [0.29, 0.717) is 0 Å². The lowest BCUT2D eigenvalue weighted by atomic mass is 9.96. The van der Waals surface area contributed by atoms with E-state index in [9.17, 15) is 5.11 Å². The molecule has 0 bridgehead atoms. The van der Waals surface area contributed by atoms with Crippen LogP contribution in [0.4, 0.5) is 0 Å². The number of benzene rings is 1. The summed E-state index contributed by atoms with van der Waals surface area (Å²) in [6.07, 6.45) is 2.60. The van der Waals surface area contributed by atoms with Crippen molar-refractivity contribution in [2.75, 3.05) is 0 Å². The van der Waals surface area contributed by atoms with Crippen LogP contribution >= 0.6 is 0 Å². The van der Waals surface area contributed by atoms with E-state index in [1.165, 1.54) is 11.1 Å². The number of aliphatic hydroxyl groups excluding tert-OH is 1. The molecule has 0 aliphatic rings. The average molecular weight is 192 g/mol. The van der Waals surface area contributed by atoms with Crippen LogP contribution in [0.25, 0.3) is 0 Å². The van der Waals surface area contributed by atoms with Crippen LogP contribution in [0.5, 0.6) is 0 Å². The highest BCUT2D eigenvalue weighted by Crippen LogP contribution is 2.23. The van der Waals surface area contributed by atoms with Gasteiger partial charge < -0.3 is 5.11 Å². The van der Waals surface area contributed by atoms with Gasteiger partial charge in [-0.25, -0.2) is 0 Å². The van der Waals surface area contributed by atoms with Crippen molar-refractivity contribution >= 4 is 0 Å². The van der Waals surface area contributed by atoms with E-state index in [-0.39, 0.29) is 6.10 Å². The van der Waals surface area contributed by atoms with E-state index in [1.54, 1.807) is 0 Å². The fourth-order valence-corrected chi connectivity index (χ4v) is 1.79. The highest BCUT2D eigenvalue weighted by atomic mass is 16.3. The van der Waals surface area contributed by atoms with E-state index in [4.69, 9.17) is 0 Å². The topological polar surface area (TPSA) is 20.2 Å². The van der Waals surface area contributed by atoms with E-state index in [2.05, 4.69) is 39.0 Å². The lowest BCUT2D eigenvalue weighted by Crippen LogP contribution is -2.01. The summed E-state index contributed by atoms with van der Waals surface area (Å²) >= 11 is 0. The first-order valence-corrected chi connectivity index (χ1v) is 5.46. The normalized spacial score (nSPS) is 12.9. The zero-order valence-corrected chi connectivity index (χ0v) is 9.38. The molecule has 14 heavy (non-hydrogen) atoms. The van der Waals surface area contributed by atoms with Crippen LogP contribution in [-0.4, -0.2) is 5.11 Å². The quantitative estimate of drug-likeness (QED) is 0.775. The van der Waals surface area contributed by atoms with Gasteiger partial charge in [0.2, 0.25) is 0 Å². The van der Waals surface area contributed by atoms with Gasteiger partial charge in [-0.1, -0.05) is 44.0 Å². The van der Waals surface area contributed by atoms with Gasteiger partial charge in [-0.15, -0.1) is 0 Å². The smallest absolute Gasteiger partial charge is 0.0792 e. The molecule has 1 aromatic rings. The molecule has 1 aromatic carbocycles. The fourth-order valence-electron chi connectivity index (χ4n) is 1.79. The van der Waals surface area contributed by atoms with Gasteiger partial charge in [-0.3, -0.25) is 0 Å².